The number of nitrogens with zero attached hydrogens (tertiary/aromatic N) is 1. The van der Waals surface area contributed by atoms with Crippen LogP contribution in [0, 0.1) is 5.92 Å². The van der Waals surface area contributed by atoms with E-state index in [4.69, 9.17) is 0 Å². The highest BCUT2D eigenvalue weighted by molar-refractivity contribution is 4.60. The normalized spacial score (nSPS) is 13.0. The summed E-state index contributed by atoms with van der Waals surface area (Å²) < 4.78 is 0. The summed E-state index contributed by atoms with van der Waals surface area (Å²) in [5, 5.41) is 0. The molecule has 1 atom stereocenters. The molecule has 0 aliphatic carbocycles. The van der Waals surface area contributed by atoms with E-state index in [1.165, 1.54) is 96.4 Å². The van der Waals surface area contributed by atoms with Crippen LogP contribution in [0.15, 0.2) is 0 Å². The molecule has 0 amide bonds. The van der Waals surface area contributed by atoms with E-state index in [2.05, 4.69) is 32.8 Å². The molecule has 0 aromatic rings. The van der Waals surface area contributed by atoms with Crippen molar-refractivity contribution in [3.8, 4) is 0 Å². The van der Waals surface area contributed by atoms with Gasteiger partial charge in [0.1, 0.15) is 0 Å². The van der Waals surface area contributed by atoms with Crippen LogP contribution in [-0.2, 0) is 0 Å². The van der Waals surface area contributed by atoms with Crippen molar-refractivity contribution in [1.29, 1.82) is 0 Å². The van der Waals surface area contributed by atoms with Gasteiger partial charge in [0.15, 0.2) is 0 Å². The number of rotatable bonds is 16. The maximum atomic E-state index is 2.34. The van der Waals surface area contributed by atoms with Gasteiger partial charge < -0.3 is 4.90 Å². The Morgan fingerprint density at radius 1 is 0.619 bits per heavy atom. The van der Waals surface area contributed by atoms with Crippen LogP contribution in [0.2, 0.25) is 0 Å². The molecule has 1 heteroatoms. The molecular formula is C20H43N. The zero-order chi connectivity index (χ0) is 15.8. The molecule has 0 spiro atoms. The van der Waals surface area contributed by atoms with E-state index in [1.807, 2.05) is 0 Å². The fourth-order valence-electron chi connectivity index (χ4n) is 3.21. The van der Waals surface area contributed by atoms with Crippen LogP contribution in [0.3, 0.4) is 0 Å². The molecule has 0 heterocycles. The topological polar surface area (TPSA) is 3.24 Å². The van der Waals surface area contributed by atoms with E-state index < -0.39 is 0 Å². The molecule has 0 N–H and O–H groups in total. The molecule has 1 nitrogen and oxygen atoms in total. The summed E-state index contributed by atoms with van der Waals surface area (Å²) in [6.07, 6.45) is 20.3. The Hall–Kier alpha value is -0.0400. The van der Waals surface area contributed by atoms with Crippen molar-refractivity contribution < 1.29 is 0 Å². The molecule has 0 aromatic heterocycles. The lowest BCUT2D eigenvalue weighted by molar-refractivity contribution is 0.299. The van der Waals surface area contributed by atoms with E-state index in [-0.39, 0.29) is 0 Å². The van der Waals surface area contributed by atoms with Gasteiger partial charge in [-0.1, -0.05) is 97.3 Å². The molecule has 0 saturated carbocycles. The molecule has 0 radical (unpaired) electrons. The number of hydrogen-bond acceptors (Lipinski definition) is 1. The molecule has 0 aliphatic rings. The average Bonchev–Trinajstić information content (AvgIpc) is 2.46. The fraction of sp³-hybridized carbons (Fsp3) is 1.00. The molecule has 0 aromatic carbocycles. The zero-order valence-electron chi connectivity index (χ0n) is 15.6. The molecular weight excluding hydrogens is 254 g/mol. The number of unbranched alkanes of at least 4 members (excludes halogenated alkanes) is 11. The molecule has 0 bridgehead atoms. The molecule has 0 rings (SSSR count). The average molecular weight is 298 g/mol. The van der Waals surface area contributed by atoms with Gasteiger partial charge >= 0.3 is 0 Å². The minimum atomic E-state index is 0.920. The summed E-state index contributed by atoms with van der Waals surface area (Å²) in [6.45, 7) is 5.91. The summed E-state index contributed by atoms with van der Waals surface area (Å²) in [6, 6.07) is 0. The lowest BCUT2D eigenvalue weighted by Crippen LogP contribution is -2.21. The highest BCUT2D eigenvalue weighted by Gasteiger charge is 2.06. The lowest BCUT2D eigenvalue weighted by atomic mass is 9.97. The van der Waals surface area contributed by atoms with Gasteiger partial charge in [0.25, 0.3) is 0 Å². The van der Waals surface area contributed by atoms with Crippen molar-refractivity contribution in [3.63, 3.8) is 0 Å². The van der Waals surface area contributed by atoms with Gasteiger partial charge in [-0.15, -0.1) is 0 Å². The highest BCUT2D eigenvalue weighted by Crippen LogP contribution is 2.16. The lowest BCUT2D eigenvalue weighted by Gasteiger charge is -2.19. The van der Waals surface area contributed by atoms with E-state index >= 15 is 0 Å². The van der Waals surface area contributed by atoms with E-state index in [0.717, 1.165) is 5.92 Å². The largest absolute Gasteiger partial charge is 0.309 e. The van der Waals surface area contributed by atoms with Gasteiger partial charge in [0.05, 0.1) is 0 Å². The third kappa shape index (κ3) is 16.2. The molecule has 0 aliphatic heterocycles. The Morgan fingerprint density at radius 2 is 1.05 bits per heavy atom. The van der Waals surface area contributed by atoms with Crippen molar-refractivity contribution in [3.05, 3.63) is 0 Å². The van der Waals surface area contributed by atoms with E-state index in [9.17, 15) is 0 Å². The van der Waals surface area contributed by atoms with Gasteiger partial charge in [-0.2, -0.15) is 0 Å². The highest BCUT2D eigenvalue weighted by atomic mass is 15.1. The Morgan fingerprint density at radius 3 is 1.43 bits per heavy atom. The molecule has 0 fully saturated rings. The van der Waals surface area contributed by atoms with Crippen molar-refractivity contribution in [2.75, 3.05) is 20.6 Å². The summed E-state index contributed by atoms with van der Waals surface area (Å²) in [5.41, 5.74) is 0. The second-order valence-corrected chi connectivity index (χ2v) is 7.21. The minimum Gasteiger partial charge on any atom is -0.309 e. The quantitative estimate of drug-likeness (QED) is 0.288. The number of hydrogen-bond donors (Lipinski definition) is 0. The predicted molar refractivity (Wildman–Crippen MR) is 98.0 cm³/mol. The standard InChI is InChI=1S/C20H43N/c1-5-7-8-9-10-11-12-13-14-15-16-17-18-20(6-2)19-21(3)4/h20H,5-19H2,1-4H3. The zero-order valence-corrected chi connectivity index (χ0v) is 15.6. The van der Waals surface area contributed by atoms with Crippen molar-refractivity contribution in [2.24, 2.45) is 5.92 Å². The molecule has 21 heavy (non-hydrogen) atoms. The Bertz CT molecular complexity index is 188. The molecule has 128 valence electrons. The van der Waals surface area contributed by atoms with Gasteiger partial charge in [-0.05, 0) is 26.4 Å². The van der Waals surface area contributed by atoms with Gasteiger partial charge in [0.2, 0.25) is 0 Å². The first-order chi connectivity index (χ1) is 10.2. The van der Waals surface area contributed by atoms with Crippen molar-refractivity contribution >= 4 is 0 Å². The summed E-state index contributed by atoms with van der Waals surface area (Å²) in [7, 11) is 4.40. The van der Waals surface area contributed by atoms with Gasteiger partial charge in [-0.3, -0.25) is 0 Å². The second kappa shape index (κ2) is 16.3. The third-order valence-corrected chi connectivity index (χ3v) is 4.67. The first kappa shape index (κ1) is 21.0. The second-order valence-electron chi connectivity index (χ2n) is 7.21. The summed E-state index contributed by atoms with van der Waals surface area (Å²) >= 11 is 0. The van der Waals surface area contributed by atoms with Gasteiger partial charge in [0, 0.05) is 6.54 Å². The van der Waals surface area contributed by atoms with Crippen molar-refractivity contribution in [2.45, 2.75) is 104 Å². The smallest absolute Gasteiger partial charge is 0.000346 e. The minimum absolute atomic E-state index is 0.920. The first-order valence-electron chi connectivity index (χ1n) is 9.85. The van der Waals surface area contributed by atoms with Crippen LogP contribution in [0.1, 0.15) is 104 Å². The molecule has 0 saturated heterocycles. The Kier molecular flexibility index (Phi) is 16.3. The van der Waals surface area contributed by atoms with E-state index in [0.29, 0.717) is 0 Å². The summed E-state index contributed by atoms with van der Waals surface area (Å²) in [4.78, 5) is 2.34. The molecule has 1 unspecified atom stereocenters. The fourth-order valence-corrected chi connectivity index (χ4v) is 3.21. The van der Waals surface area contributed by atoms with Crippen molar-refractivity contribution in [1.82, 2.24) is 4.90 Å². The maximum Gasteiger partial charge on any atom is 0.000346 e. The monoisotopic (exact) mass is 297 g/mol. The van der Waals surface area contributed by atoms with Crippen LogP contribution in [0.4, 0.5) is 0 Å². The summed E-state index contributed by atoms with van der Waals surface area (Å²) in [5.74, 6) is 0.920. The van der Waals surface area contributed by atoms with Crippen LogP contribution >= 0.6 is 0 Å². The van der Waals surface area contributed by atoms with Gasteiger partial charge in [-0.25, -0.2) is 0 Å². The van der Waals surface area contributed by atoms with E-state index in [1.54, 1.807) is 0 Å². The van der Waals surface area contributed by atoms with Crippen LogP contribution < -0.4 is 0 Å². The predicted octanol–water partition coefficient (Wildman–Crippen LogP) is 6.67. The Labute approximate surface area is 135 Å². The first-order valence-corrected chi connectivity index (χ1v) is 9.85. The van der Waals surface area contributed by atoms with Crippen LogP contribution in [0.5, 0.6) is 0 Å². The Balaban J connectivity index is 3.18. The SMILES string of the molecule is CCCCCCCCCCCCCCC(CC)CN(C)C. The third-order valence-electron chi connectivity index (χ3n) is 4.67. The van der Waals surface area contributed by atoms with Crippen LogP contribution in [-0.4, -0.2) is 25.5 Å². The maximum absolute atomic E-state index is 2.34. The van der Waals surface area contributed by atoms with Crippen LogP contribution in [0.25, 0.3) is 0 Å².